The summed E-state index contributed by atoms with van der Waals surface area (Å²) in [7, 11) is 0. The Labute approximate surface area is 108 Å². The maximum Gasteiger partial charge on any atom is 0.441 e. The van der Waals surface area contributed by atoms with Crippen molar-refractivity contribution in [2.45, 2.75) is 32.4 Å². The van der Waals surface area contributed by atoms with Gasteiger partial charge >= 0.3 is 5.51 Å². The number of aromatic nitrogens is 3. The van der Waals surface area contributed by atoms with Gasteiger partial charge in [-0.2, -0.15) is 18.3 Å². The van der Waals surface area contributed by atoms with Gasteiger partial charge in [-0.25, -0.2) is 9.67 Å². The van der Waals surface area contributed by atoms with Gasteiger partial charge in [0.25, 0.3) is 0 Å². The van der Waals surface area contributed by atoms with Crippen LogP contribution in [0.25, 0.3) is 0 Å². The van der Waals surface area contributed by atoms with Gasteiger partial charge in [-0.05, 0) is 17.7 Å². The minimum Gasteiger partial charge on any atom is -0.309 e. The molecular weight excluding hydrogens is 265 g/mol. The van der Waals surface area contributed by atoms with Crippen LogP contribution in [0.1, 0.15) is 19.7 Å². The maximum absolute atomic E-state index is 11.9. The predicted octanol–water partition coefficient (Wildman–Crippen LogP) is 2.28. The summed E-state index contributed by atoms with van der Waals surface area (Å²) in [5.41, 5.74) is -4.15. The molecule has 1 heterocycles. The molecule has 1 rings (SSSR count). The summed E-state index contributed by atoms with van der Waals surface area (Å²) in [5, 5.41) is 7.00. The minimum absolute atomic E-state index is 0.00180. The molecule has 4 nitrogen and oxygen atoms in total. The molecular formula is C10H17F3N4S. The molecule has 0 aliphatic carbocycles. The number of thioether (sulfide) groups is 1. The largest absolute Gasteiger partial charge is 0.441 e. The summed E-state index contributed by atoms with van der Waals surface area (Å²) in [5.74, 6) is 1.20. The van der Waals surface area contributed by atoms with E-state index in [-0.39, 0.29) is 17.5 Å². The average molecular weight is 282 g/mol. The molecule has 0 aromatic carbocycles. The molecule has 0 fully saturated rings. The molecule has 0 bridgehead atoms. The van der Waals surface area contributed by atoms with Crippen LogP contribution in [0.5, 0.6) is 0 Å². The highest BCUT2D eigenvalue weighted by Crippen LogP contribution is 2.29. The van der Waals surface area contributed by atoms with E-state index in [0.29, 0.717) is 19.0 Å². The van der Waals surface area contributed by atoms with E-state index in [0.717, 1.165) is 12.4 Å². The Kier molecular flexibility index (Phi) is 5.94. The van der Waals surface area contributed by atoms with Crippen LogP contribution in [0.15, 0.2) is 6.33 Å². The second-order valence-electron chi connectivity index (χ2n) is 4.22. The van der Waals surface area contributed by atoms with Crippen LogP contribution in [-0.4, -0.2) is 32.6 Å². The molecule has 1 aromatic heterocycles. The van der Waals surface area contributed by atoms with Crippen molar-refractivity contribution in [2.75, 3.05) is 12.3 Å². The lowest BCUT2D eigenvalue weighted by atomic mass is 10.2. The van der Waals surface area contributed by atoms with Crippen molar-refractivity contribution in [3.05, 3.63) is 12.2 Å². The number of rotatable bonds is 7. The van der Waals surface area contributed by atoms with Gasteiger partial charge in [0.1, 0.15) is 12.2 Å². The van der Waals surface area contributed by atoms with Crippen LogP contribution < -0.4 is 5.32 Å². The van der Waals surface area contributed by atoms with Crippen molar-refractivity contribution < 1.29 is 13.2 Å². The van der Waals surface area contributed by atoms with Gasteiger partial charge in [0, 0.05) is 18.8 Å². The fourth-order valence-electron chi connectivity index (χ4n) is 1.36. The first-order chi connectivity index (χ1) is 8.38. The smallest absolute Gasteiger partial charge is 0.309 e. The van der Waals surface area contributed by atoms with Gasteiger partial charge in [-0.1, -0.05) is 13.8 Å². The number of hydrogen-bond donors (Lipinski definition) is 1. The van der Waals surface area contributed by atoms with Gasteiger partial charge in [0.15, 0.2) is 0 Å². The SMILES string of the molecule is CC(C)Cn1ncnc1CNCCSC(F)(F)F. The van der Waals surface area contributed by atoms with Crippen molar-refractivity contribution >= 4 is 11.8 Å². The monoisotopic (exact) mass is 282 g/mol. The van der Waals surface area contributed by atoms with E-state index >= 15 is 0 Å². The summed E-state index contributed by atoms with van der Waals surface area (Å²) < 4.78 is 37.4. The molecule has 1 aromatic rings. The molecule has 18 heavy (non-hydrogen) atoms. The molecule has 0 saturated heterocycles. The van der Waals surface area contributed by atoms with E-state index in [1.165, 1.54) is 6.33 Å². The lowest BCUT2D eigenvalue weighted by Gasteiger charge is -2.09. The zero-order chi connectivity index (χ0) is 13.6. The van der Waals surface area contributed by atoms with Crippen molar-refractivity contribution in [2.24, 2.45) is 5.92 Å². The first kappa shape index (κ1) is 15.3. The van der Waals surface area contributed by atoms with Gasteiger partial charge in [-0.15, -0.1) is 0 Å². The second-order valence-corrected chi connectivity index (χ2v) is 5.38. The Balaban J connectivity index is 2.25. The quantitative estimate of drug-likeness (QED) is 0.779. The first-order valence-corrected chi connectivity index (χ1v) is 6.65. The summed E-state index contributed by atoms with van der Waals surface area (Å²) >= 11 is -0.0197. The zero-order valence-corrected chi connectivity index (χ0v) is 11.2. The molecule has 8 heteroatoms. The topological polar surface area (TPSA) is 42.7 Å². The second kappa shape index (κ2) is 6.98. The van der Waals surface area contributed by atoms with Crippen molar-refractivity contribution in [1.82, 2.24) is 20.1 Å². The number of nitrogens with one attached hydrogen (secondary N) is 1. The summed E-state index contributed by atoms with van der Waals surface area (Å²) in [6, 6.07) is 0. The fourth-order valence-corrected chi connectivity index (χ4v) is 1.84. The molecule has 0 aliphatic heterocycles. The average Bonchev–Trinajstić information content (AvgIpc) is 2.62. The Morgan fingerprint density at radius 2 is 2.17 bits per heavy atom. The van der Waals surface area contributed by atoms with Crippen LogP contribution in [0.3, 0.4) is 0 Å². The number of alkyl halides is 3. The van der Waals surface area contributed by atoms with Crippen molar-refractivity contribution in [3.63, 3.8) is 0 Å². The molecule has 104 valence electrons. The molecule has 0 aliphatic rings. The molecule has 1 N–H and O–H groups in total. The highest BCUT2D eigenvalue weighted by molar-refractivity contribution is 8.00. The highest BCUT2D eigenvalue weighted by Gasteiger charge is 2.27. The van der Waals surface area contributed by atoms with E-state index in [2.05, 4.69) is 29.2 Å². The summed E-state index contributed by atoms with van der Waals surface area (Å²) in [6.45, 7) is 5.62. The van der Waals surface area contributed by atoms with E-state index in [1.807, 2.05) is 0 Å². The third-order valence-electron chi connectivity index (χ3n) is 2.06. The van der Waals surface area contributed by atoms with Crippen LogP contribution >= 0.6 is 11.8 Å². The minimum atomic E-state index is -4.15. The third kappa shape index (κ3) is 6.25. The Hall–Kier alpha value is -0.760. The molecule has 0 unspecified atom stereocenters. The number of halogens is 3. The van der Waals surface area contributed by atoms with Gasteiger partial charge in [-0.3, -0.25) is 0 Å². The molecule has 0 saturated carbocycles. The van der Waals surface area contributed by atoms with E-state index in [4.69, 9.17) is 0 Å². The molecule has 0 spiro atoms. The Bertz CT molecular complexity index is 351. The zero-order valence-electron chi connectivity index (χ0n) is 10.4. The summed E-state index contributed by atoms with van der Waals surface area (Å²) in [4.78, 5) is 4.08. The van der Waals surface area contributed by atoms with Crippen LogP contribution in [0.4, 0.5) is 13.2 Å². The van der Waals surface area contributed by atoms with Crippen LogP contribution in [0.2, 0.25) is 0 Å². The maximum atomic E-state index is 11.9. The predicted molar refractivity (Wildman–Crippen MR) is 65.1 cm³/mol. The number of hydrogen-bond acceptors (Lipinski definition) is 4. The third-order valence-corrected chi connectivity index (χ3v) is 2.80. The lowest BCUT2D eigenvalue weighted by Crippen LogP contribution is -2.22. The van der Waals surface area contributed by atoms with Gasteiger partial charge in [0.2, 0.25) is 0 Å². The van der Waals surface area contributed by atoms with E-state index < -0.39 is 5.51 Å². The number of nitrogens with zero attached hydrogens (tertiary/aromatic N) is 3. The fraction of sp³-hybridized carbons (Fsp3) is 0.800. The summed E-state index contributed by atoms with van der Waals surface area (Å²) in [6.07, 6.45) is 1.46. The van der Waals surface area contributed by atoms with Crippen LogP contribution in [-0.2, 0) is 13.1 Å². The van der Waals surface area contributed by atoms with Crippen LogP contribution in [0, 0.1) is 5.92 Å². The lowest BCUT2D eigenvalue weighted by molar-refractivity contribution is -0.0327. The van der Waals surface area contributed by atoms with Gasteiger partial charge < -0.3 is 5.32 Å². The first-order valence-electron chi connectivity index (χ1n) is 5.66. The van der Waals surface area contributed by atoms with Crippen molar-refractivity contribution in [3.8, 4) is 0 Å². The van der Waals surface area contributed by atoms with E-state index in [1.54, 1.807) is 4.68 Å². The standard InChI is InChI=1S/C10H17F3N4S/c1-8(2)6-17-9(15-7-16-17)5-14-3-4-18-10(11,12)13/h7-8,14H,3-6H2,1-2H3. The molecule has 0 amide bonds. The molecule has 0 radical (unpaired) electrons. The normalized spacial score (nSPS) is 12.3. The van der Waals surface area contributed by atoms with Gasteiger partial charge in [0.05, 0.1) is 6.54 Å². The molecule has 0 atom stereocenters. The van der Waals surface area contributed by atoms with E-state index in [9.17, 15) is 13.2 Å². The van der Waals surface area contributed by atoms with Crippen molar-refractivity contribution in [1.29, 1.82) is 0 Å². The Morgan fingerprint density at radius 1 is 1.44 bits per heavy atom. The Morgan fingerprint density at radius 3 is 2.78 bits per heavy atom. The highest BCUT2D eigenvalue weighted by atomic mass is 32.2.